The molecule has 0 aliphatic heterocycles. The Balaban J connectivity index is 2.05. The zero-order chi connectivity index (χ0) is 13.0. The maximum atomic E-state index is 6.07. The SMILES string of the molecule is NC(=S)c1c(Cl)cccc1NCCn1ccnn1. The van der Waals surface area contributed by atoms with Crippen molar-refractivity contribution in [3.05, 3.63) is 41.2 Å². The zero-order valence-corrected chi connectivity index (χ0v) is 11.1. The molecule has 3 N–H and O–H groups in total. The van der Waals surface area contributed by atoms with E-state index in [0.717, 1.165) is 5.69 Å². The fourth-order valence-electron chi connectivity index (χ4n) is 1.58. The van der Waals surface area contributed by atoms with Gasteiger partial charge in [0, 0.05) is 18.4 Å². The molecule has 0 aliphatic rings. The second-order valence-corrected chi connectivity index (χ2v) is 4.47. The Morgan fingerprint density at radius 3 is 3.00 bits per heavy atom. The number of aromatic nitrogens is 3. The Labute approximate surface area is 115 Å². The summed E-state index contributed by atoms with van der Waals surface area (Å²) in [5.41, 5.74) is 7.16. The number of rotatable bonds is 5. The Morgan fingerprint density at radius 2 is 2.33 bits per heavy atom. The highest BCUT2D eigenvalue weighted by Crippen LogP contribution is 2.23. The number of nitrogens with zero attached hydrogens (tertiary/aromatic N) is 3. The molecule has 7 heteroatoms. The number of hydrogen-bond donors (Lipinski definition) is 2. The maximum Gasteiger partial charge on any atom is 0.107 e. The van der Waals surface area contributed by atoms with Crippen molar-refractivity contribution in [2.24, 2.45) is 5.73 Å². The monoisotopic (exact) mass is 281 g/mol. The molecule has 0 atom stereocenters. The minimum absolute atomic E-state index is 0.281. The summed E-state index contributed by atoms with van der Waals surface area (Å²) in [4.78, 5) is 0.281. The third-order valence-corrected chi connectivity index (χ3v) is 2.91. The Bertz CT molecular complexity index is 540. The zero-order valence-electron chi connectivity index (χ0n) is 9.51. The van der Waals surface area contributed by atoms with Crippen LogP contribution in [0.25, 0.3) is 0 Å². The molecular weight excluding hydrogens is 270 g/mol. The highest BCUT2D eigenvalue weighted by molar-refractivity contribution is 7.80. The number of nitrogens with one attached hydrogen (secondary N) is 1. The van der Waals surface area contributed by atoms with Crippen LogP contribution in [0.5, 0.6) is 0 Å². The molecule has 2 rings (SSSR count). The lowest BCUT2D eigenvalue weighted by Gasteiger charge is -2.12. The molecule has 1 aromatic carbocycles. The standard InChI is InChI=1S/C11H12ClN5S/c12-8-2-1-3-9(10(8)11(13)18)14-4-6-17-7-5-15-16-17/h1-3,5,7,14H,4,6H2,(H2,13,18). The van der Waals surface area contributed by atoms with Crippen LogP contribution in [0.4, 0.5) is 5.69 Å². The van der Waals surface area contributed by atoms with Gasteiger partial charge in [0.1, 0.15) is 4.99 Å². The first-order chi connectivity index (χ1) is 8.68. The lowest BCUT2D eigenvalue weighted by molar-refractivity contribution is 0.609. The maximum absolute atomic E-state index is 6.07. The third-order valence-electron chi connectivity index (χ3n) is 2.39. The van der Waals surface area contributed by atoms with Gasteiger partial charge in [-0.05, 0) is 12.1 Å². The van der Waals surface area contributed by atoms with E-state index in [1.165, 1.54) is 0 Å². The Kier molecular flexibility index (Phi) is 4.11. The van der Waals surface area contributed by atoms with Gasteiger partial charge in [-0.15, -0.1) is 5.10 Å². The molecule has 0 saturated carbocycles. The van der Waals surface area contributed by atoms with Gasteiger partial charge in [-0.25, -0.2) is 0 Å². The molecule has 0 fully saturated rings. The van der Waals surface area contributed by atoms with Crippen LogP contribution < -0.4 is 11.1 Å². The first-order valence-electron chi connectivity index (χ1n) is 5.35. The third kappa shape index (κ3) is 2.96. The number of benzene rings is 1. The van der Waals surface area contributed by atoms with Crippen molar-refractivity contribution in [3.63, 3.8) is 0 Å². The second-order valence-electron chi connectivity index (χ2n) is 3.62. The molecule has 0 saturated heterocycles. The van der Waals surface area contributed by atoms with Crippen LogP contribution in [0, 0.1) is 0 Å². The lowest BCUT2D eigenvalue weighted by atomic mass is 10.1. The molecule has 0 radical (unpaired) electrons. The first kappa shape index (κ1) is 12.8. The molecule has 0 amide bonds. The Hall–Kier alpha value is -1.66. The minimum Gasteiger partial charge on any atom is -0.389 e. The molecule has 94 valence electrons. The summed E-state index contributed by atoms with van der Waals surface area (Å²) >= 11 is 11.1. The molecular formula is C11H12ClN5S. The van der Waals surface area contributed by atoms with Crippen molar-refractivity contribution in [2.75, 3.05) is 11.9 Å². The van der Waals surface area contributed by atoms with Gasteiger partial charge >= 0.3 is 0 Å². The van der Waals surface area contributed by atoms with E-state index in [1.807, 2.05) is 12.1 Å². The summed E-state index contributed by atoms with van der Waals surface area (Å²) in [6.07, 6.45) is 3.44. The van der Waals surface area contributed by atoms with Crippen LogP contribution in [0.2, 0.25) is 5.02 Å². The van der Waals surface area contributed by atoms with Crippen molar-refractivity contribution < 1.29 is 0 Å². The highest BCUT2D eigenvalue weighted by atomic mass is 35.5. The fourth-order valence-corrected chi connectivity index (χ4v) is 2.13. The average Bonchev–Trinajstić information content (AvgIpc) is 2.81. The lowest BCUT2D eigenvalue weighted by Crippen LogP contribution is -2.16. The summed E-state index contributed by atoms with van der Waals surface area (Å²) in [6.45, 7) is 1.38. The first-order valence-corrected chi connectivity index (χ1v) is 6.13. The van der Waals surface area contributed by atoms with E-state index < -0.39 is 0 Å². The topological polar surface area (TPSA) is 68.8 Å². The highest BCUT2D eigenvalue weighted by Gasteiger charge is 2.08. The molecule has 18 heavy (non-hydrogen) atoms. The predicted octanol–water partition coefficient (Wildman–Crippen LogP) is 1.68. The summed E-state index contributed by atoms with van der Waals surface area (Å²) in [5, 5.41) is 11.4. The van der Waals surface area contributed by atoms with Gasteiger partial charge in [-0.1, -0.05) is 35.1 Å². The van der Waals surface area contributed by atoms with Crippen LogP contribution in [-0.4, -0.2) is 26.5 Å². The minimum atomic E-state index is 0.281. The summed E-state index contributed by atoms with van der Waals surface area (Å²) in [7, 11) is 0. The van der Waals surface area contributed by atoms with Crippen molar-refractivity contribution in [1.82, 2.24) is 15.0 Å². The van der Waals surface area contributed by atoms with E-state index in [2.05, 4.69) is 15.6 Å². The van der Waals surface area contributed by atoms with Gasteiger partial charge in [-0.2, -0.15) is 0 Å². The fraction of sp³-hybridized carbons (Fsp3) is 0.182. The molecule has 2 aromatic rings. The van der Waals surface area contributed by atoms with Gasteiger partial charge in [-0.3, -0.25) is 4.68 Å². The summed E-state index contributed by atoms with van der Waals surface area (Å²) in [6, 6.07) is 5.50. The molecule has 0 unspecified atom stereocenters. The molecule has 0 spiro atoms. The number of halogens is 1. The molecule has 1 heterocycles. The summed E-state index contributed by atoms with van der Waals surface area (Å²) in [5.74, 6) is 0. The normalized spacial score (nSPS) is 10.3. The van der Waals surface area contributed by atoms with Crippen LogP contribution in [0.15, 0.2) is 30.6 Å². The van der Waals surface area contributed by atoms with Crippen LogP contribution in [-0.2, 0) is 6.54 Å². The van der Waals surface area contributed by atoms with Crippen molar-refractivity contribution in [2.45, 2.75) is 6.54 Å². The second kappa shape index (κ2) is 5.79. The number of thiocarbonyl (C=S) groups is 1. The van der Waals surface area contributed by atoms with E-state index in [4.69, 9.17) is 29.6 Å². The van der Waals surface area contributed by atoms with Crippen LogP contribution >= 0.6 is 23.8 Å². The molecule has 1 aromatic heterocycles. The quantitative estimate of drug-likeness (QED) is 0.816. The van der Waals surface area contributed by atoms with Gasteiger partial charge in [0.05, 0.1) is 23.3 Å². The Morgan fingerprint density at radius 1 is 1.50 bits per heavy atom. The van der Waals surface area contributed by atoms with Gasteiger partial charge in [0.2, 0.25) is 0 Å². The average molecular weight is 282 g/mol. The molecule has 0 bridgehead atoms. The van der Waals surface area contributed by atoms with E-state index in [0.29, 0.717) is 23.7 Å². The largest absolute Gasteiger partial charge is 0.389 e. The smallest absolute Gasteiger partial charge is 0.107 e. The number of hydrogen-bond acceptors (Lipinski definition) is 4. The number of anilines is 1. The van der Waals surface area contributed by atoms with Crippen molar-refractivity contribution in [3.8, 4) is 0 Å². The van der Waals surface area contributed by atoms with Crippen molar-refractivity contribution in [1.29, 1.82) is 0 Å². The van der Waals surface area contributed by atoms with Gasteiger partial charge < -0.3 is 11.1 Å². The summed E-state index contributed by atoms with van der Waals surface area (Å²) < 4.78 is 1.73. The van der Waals surface area contributed by atoms with Crippen LogP contribution in [0.1, 0.15) is 5.56 Å². The van der Waals surface area contributed by atoms with Gasteiger partial charge in [0.25, 0.3) is 0 Å². The predicted molar refractivity (Wildman–Crippen MR) is 75.9 cm³/mol. The van der Waals surface area contributed by atoms with E-state index in [9.17, 15) is 0 Å². The van der Waals surface area contributed by atoms with E-state index in [-0.39, 0.29) is 4.99 Å². The molecule has 5 nitrogen and oxygen atoms in total. The van der Waals surface area contributed by atoms with E-state index in [1.54, 1.807) is 23.1 Å². The van der Waals surface area contributed by atoms with E-state index >= 15 is 0 Å². The van der Waals surface area contributed by atoms with Gasteiger partial charge in [0.15, 0.2) is 0 Å². The van der Waals surface area contributed by atoms with Crippen LogP contribution in [0.3, 0.4) is 0 Å². The molecule has 0 aliphatic carbocycles. The number of nitrogens with two attached hydrogens (primary N) is 1. The van der Waals surface area contributed by atoms with Crippen molar-refractivity contribution >= 4 is 34.5 Å².